The number of hydrogen-bond donors (Lipinski definition) is 2. The number of benzene rings is 1. The van der Waals surface area contributed by atoms with Gasteiger partial charge in [-0.1, -0.05) is 6.07 Å². The van der Waals surface area contributed by atoms with Crippen molar-refractivity contribution in [2.45, 2.75) is 19.0 Å². The lowest BCUT2D eigenvalue weighted by atomic mass is 10.1. The highest BCUT2D eigenvalue weighted by molar-refractivity contribution is 7.12. The van der Waals surface area contributed by atoms with E-state index in [4.69, 9.17) is 4.74 Å². The molecule has 6 nitrogen and oxygen atoms in total. The summed E-state index contributed by atoms with van der Waals surface area (Å²) in [6, 6.07) is 7.35. The Balaban J connectivity index is 1.56. The van der Waals surface area contributed by atoms with E-state index < -0.39 is 17.6 Å². The van der Waals surface area contributed by atoms with Gasteiger partial charge in [0.1, 0.15) is 0 Å². The zero-order valence-electron chi connectivity index (χ0n) is 16.1. The Morgan fingerprint density at radius 1 is 1.17 bits per heavy atom. The van der Waals surface area contributed by atoms with Crippen molar-refractivity contribution in [3.63, 3.8) is 0 Å². The highest BCUT2D eigenvalue weighted by Crippen LogP contribution is 2.37. The van der Waals surface area contributed by atoms with E-state index in [-0.39, 0.29) is 24.6 Å². The van der Waals surface area contributed by atoms with Crippen LogP contribution in [0.2, 0.25) is 0 Å². The summed E-state index contributed by atoms with van der Waals surface area (Å²) < 4.78 is 45.8. The summed E-state index contributed by atoms with van der Waals surface area (Å²) in [4.78, 5) is 26.3. The molecule has 30 heavy (non-hydrogen) atoms. The lowest BCUT2D eigenvalue weighted by molar-refractivity contribution is -0.136. The van der Waals surface area contributed by atoms with Crippen molar-refractivity contribution < 1.29 is 27.5 Å². The summed E-state index contributed by atoms with van der Waals surface area (Å²) in [6.07, 6.45) is -4.29. The van der Waals surface area contributed by atoms with Crippen LogP contribution in [0, 0.1) is 0 Å². The molecule has 3 rings (SSSR count). The summed E-state index contributed by atoms with van der Waals surface area (Å²) in [5, 5.41) is 6.81. The van der Waals surface area contributed by atoms with Crippen LogP contribution in [0.25, 0.3) is 0 Å². The molecular weight excluding hydrogens is 419 g/mol. The molecule has 0 aliphatic carbocycles. The van der Waals surface area contributed by atoms with Gasteiger partial charge >= 0.3 is 6.18 Å². The van der Waals surface area contributed by atoms with Crippen molar-refractivity contribution >= 4 is 34.5 Å². The molecule has 1 aliphatic rings. The summed E-state index contributed by atoms with van der Waals surface area (Å²) in [5.41, 5.74) is -0.710. The first-order valence-electron chi connectivity index (χ1n) is 9.50. The number of amides is 2. The first-order valence-corrected chi connectivity index (χ1v) is 10.4. The van der Waals surface area contributed by atoms with Crippen LogP contribution in [0.4, 0.5) is 24.5 Å². The first-order chi connectivity index (χ1) is 14.3. The standard InChI is InChI=1S/C20H22F3N3O3S/c21-20(22,23)15-13-14(26-8-10-29-11-9-26)5-6-16(15)25-18(27)4-1-7-24-19(28)17-3-2-12-30-17/h2-3,5-6,12-13H,1,4,7-11H2,(H,24,28)(H,25,27). The van der Waals surface area contributed by atoms with Crippen LogP contribution in [0.15, 0.2) is 35.7 Å². The van der Waals surface area contributed by atoms with Gasteiger partial charge in [-0.05, 0) is 36.1 Å². The van der Waals surface area contributed by atoms with Crippen molar-refractivity contribution in [3.05, 3.63) is 46.2 Å². The molecule has 2 heterocycles. The van der Waals surface area contributed by atoms with Gasteiger partial charge in [-0.3, -0.25) is 9.59 Å². The normalized spacial score (nSPS) is 14.4. The summed E-state index contributed by atoms with van der Waals surface area (Å²) in [7, 11) is 0. The third-order valence-corrected chi connectivity index (χ3v) is 5.44. The zero-order valence-corrected chi connectivity index (χ0v) is 16.9. The minimum atomic E-state index is -4.60. The monoisotopic (exact) mass is 441 g/mol. The predicted molar refractivity (Wildman–Crippen MR) is 109 cm³/mol. The molecule has 2 aromatic rings. The molecule has 0 atom stereocenters. The Morgan fingerprint density at radius 2 is 1.93 bits per heavy atom. The number of nitrogens with zero attached hydrogens (tertiary/aromatic N) is 1. The van der Waals surface area contributed by atoms with Crippen LogP contribution in [-0.2, 0) is 15.7 Å². The number of carbonyl (C=O) groups excluding carboxylic acids is 2. The molecule has 1 aliphatic heterocycles. The molecule has 0 bridgehead atoms. The molecule has 2 N–H and O–H groups in total. The number of nitrogens with one attached hydrogen (secondary N) is 2. The maximum Gasteiger partial charge on any atom is 0.418 e. The Labute approximate surface area is 176 Å². The van der Waals surface area contributed by atoms with E-state index in [9.17, 15) is 22.8 Å². The average molecular weight is 441 g/mol. The van der Waals surface area contributed by atoms with Crippen LogP contribution < -0.4 is 15.5 Å². The van der Waals surface area contributed by atoms with Gasteiger partial charge < -0.3 is 20.3 Å². The van der Waals surface area contributed by atoms with Gasteiger partial charge in [0.2, 0.25) is 5.91 Å². The molecule has 0 spiro atoms. The molecule has 2 amide bonds. The van der Waals surface area contributed by atoms with E-state index in [1.807, 2.05) is 4.90 Å². The van der Waals surface area contributed by atoms with E-state index in [1.165, 1.54) is 17.4 Å². The van der Waals surface area contributed by atoms with Crippen LogP contribution >= 0.6 is 11.3 Å². The molecule has 0 unspecified atom stereocenters. The van der Waals surface area contributed by atoms with Crippen LogP contribution in [0.3, 0.4) is 0 Å². The summed E-state index contributed by atoms with van der Waals surface area (Å²) in [5.74, 6) is -0.770. The van der Waals surface area contributed by atoms with Gasteiger partial charge in [-0.25, -0.2) is 0 Å². The van der Waals surface area contributed by atoms with Crippen molar-refractivity contribution in [2.75, 3.05) is 43.1 Å². The molecule has 1 aromatic heterocycles. The maximum absolute atomic E-state index is 13.5. The number of halogens is 3. The number of carbonyl (C=O) groups is 2. The Bertz CT molecular complexity index is 866. The summed E-state index contributed by atoms with van der Waals surface area (Å²) in [6.45, 7) is 2.21. The van der Waals surface area contributed by atoms with Gasteiger partial charge in [0.15, 0.2) is 0 Å². The van der Waals surface area contributed by atoms with E-state index in [0.717, 1.165) is 6.07 Å². The Morgan fingerprint density at radius 3 is 2.60 bits per heavy atom. The topological polar surface area (TPSA) is 70.7 Å². The second-order valence-corrected chi connectivity index (χ2v) is 7.66. The maximum atomic E-state index is 13.5. The molecule has 1 fully saturated rings. The minimum Gasteiger partial charge on any atom is -0.378 e. The predicted octanol–water partition coefficient (Wildman–Crippen LogP) is 3.75. The second kappa shape index (κ2) is 9.94. The van der Waals surface area contributed by atoms with Gasteiger partial charge in [0.25, 0.3) is 5.91 Å². The van der Waals surface area contributed by atoms with E-state index in [2.05, 4.69) is 10.6 Å². The third-order valence-electron chi connectivity index (χ3n) is 4.57. The van der Waals surface area contributed by atoms with Gasteiger partial charge in [-0.2, -0.15) is 13.2 Å². The number of anilines is 2. The molecule has 0 saturated carbocycles. The van der Waals surface area contributed by atoms with E-state index >= 15 is 0 Å². The highest BCUT2D eigenvalue weighted by Gasteiger charge is 2.34. The lowest BCUT2D eigenvalue weighted by Gasteiger charge is -2.29. The Hall–Kier alpha value is -2.59. The minimum absolute atomic E-state index is 0.00671. The Kier molecular flexibility index (Phi) is 7.33. The largest absolute Gasteiger partial charge is 0.418 e. The molecule has 1 saturated heterocycles. The molecule has 0 radical (unpaired) electrons. The number of rotatable bonds is 7. The SMILES string of the molecule is O=C(CCCNC(=O)c1cccs1)Nc1ccc(N2CCOCC2)cc1C(F)(F)F. The fourth-order valence-corrected chi connectivity index (χ4v) is 3.69. The zero-order chi connectivity index (χ0) is 21.6. The van der Waals surface area contributed by atoms with Crippen molar-refractivity contribution in [2.24, 2.45) is 0 Å². The van der Waals surface area contributed by atoms with E-state index in [1.54, 1.807) is 23.6 Å². The molecule has 1 aromatic carbocycles. The lowest BCUT2D eigenvalue weighted by Crippen LogP contribution is -2.36. The van der Waals surface area contributed by atoms with Gasteiger partial charge in [0.05, 0.1) is 29.3 Å². The number of thiophene rings is 1. The van der Waals surface area contributed by atoms with Gasteiger partial charge in [0, 0.05) is 31.7 Å². The van der Waals surface area contributed by atoms with Crippen molar-refractivity contribution in [3.8, 4) is 0 Å². The van der Waals surface area contributed by atoms with Crippen LogP contribution in [0.1, 0.15) is 28.1 Å². The van der Waals surface area contributed by atoms with Crippen LogP contribution in [-0.4, -0.2) is 44.7 Å². The molecule has 162 valence electrons. The quantitative estimate of drug-likeness (QED) is 0.642. The number of alkyl halides is 3. The fourth-order valence-electron chi connectivity index (χ4n) is 3.05. The average Bonchev–Trinajstić information content (AvgIpc) is 3.26. The summed E-state index contributed by atoms with van der Waals surface area (Å²) >= 11 is 1.30. The van der Waals surface area contributed by atoms with Gasteiger partial charge in [-0.15, -0.1) is 11.3 Å². The van der Waals surface area contributed by atoms with Crippen molar-refractivity contribution in [1.82, 2.24) is 5.32 Å². The molecule has 10 heteroatoms. The number of morpholine rings is 1. The number of hydrogen-bond acceptors (Lipinski definition) is 5. The van der Waals surface area contributed by atoms with Crippen molar-refractivity contribution in [1.29, 1.82) is 0 Å². The van der Waals surface area contributed by atoms with E-state index in [0.29, 0.717) is 43.3 Å². The smallest absolute Gasteiger partial charge is 0.378 e. The second-order valence-electron chi connectivity index (χ2n) is 6.71. The van der Waals surface area contributed by atoms with Crippen LogP contribution in [0.5, 0.6) is 0 Å². The number of ether oxygens (including phenoxy) is 1. The molecular formula is C20H22F3N3O3S. The highest BCUT2D eigenvalue weighted by atomic mass is 32.1. The first kappa shape index (κ1) is 22.1. The fraction of sp³-hybridized carbons (Fsp3) is 0.400. The third kappa shape index (κ3) is 5.96.